The van der Waals surface area contributed by atoms with E-state index >= 15 is 0 Å². The lowest BCUT2D eigenvalue weighted by atomic mass is 9.79. The Labute approximate surface area is 223 Å². The minimum atomic E-state index is -0.375. The van der Waals surface area contributed by atoms with Crippen molar-refractivity contribution in [2.24, 2.45) is 0 Å². The Bertz CT molecular complexity index is 1620. The van der Waals surface area contributed by atoms with Crippen LogP contribution in [0.1, 0.15) is 27.7 Å². The normalized spacial score (nSPS) is 16.8. The Balaban J connectivity index is 1.37. The van der Waals surface area contributed by atoms with E-state index in [9.17, 15) is 0 Å². The number of hydrogen-bond acceptors (Lipinski definition) is 6. The Kier molecular flexibility index (Phi) is 5.63. The molecule has 0 radical (unpaired) electrons. The second-order valence-electron chi connectivity index (χ2n) is 9.93. The van der Waals surface area contributed by atoms with Crippen molar-refractivity contribution in [1.29, 1.82) is 0 Å². The molecular formula is C27H22BCl2N3O2S. The number of aromatic nitrogens is 3. The first kappa shape index (κ1) is 23.8. The van der Waals surface area contributed by atoms with E-state index in [0.717, 1.165) is 22.2 Å². The SMILES string of the molecule is CC1(C)OB(c2ccc3c(c2)sc2cc(-c4cccc(-c5nc(Cl)nc(Cl)n5)c4)ccc23)OC1(C)C. The lowest BCUT2D eigenvalue weighted by molar-refractivity contribution is 0.00578. The standard InChI is InChI=1S/C27H22BCl2N3O2S/c1-26(2)27(3,4)35-28(34-26)18-9-11-20-19-10-8-16(13-21(19)36-22(20)14-18)15-6-5-7-17(12-15)23-31-24(29)33-25(30)32-23/h5-14H,1-4H3. The van der Waals surface area contributed by atoms with Crippen molar-refractivity contribution in [3.05, 3.63) is 71.2 Å². The van der Waals surface area contributed by atoms with E-state index in [1.165, 1.54) is 20.2 Å². The van der Waals surface area contributed by atoms with Crippen LogP contribution in [-0.4, -0.2) is 33.3 Å². The maximum Gasteiger partial charge on any atom is 0.494 e. The summed E-state index contributed by atoms with van der Waals surface area (Å²) in [6.45, 7) is 8.30. The van der Waals surface area contributed by atoms with Gasteiger partial charge in [-0.1, -0.05) is 42.5 Å². The minimum absolute atomic E-state index is 0.0713. The first-order valence-corrected chi connectivity index (χ1v) is 13.2. The molecule has 180 valence electrons. The summed E-state index contributed by atoms with van der Waals surface area (Å²) in [6.07, 6.45) is 0. The van der Waals surface area contributed by atoms with Gasteiger partial charge in [0.15, 0.2) is 5.82 Å². The van der Waals surface area contributed by atoms with E-state index in [-0.39, 0.29) is 28.9 Å². The van der Waals surface area contributed by atoms with E-state index in [2.05, 4.69) is 85.1 Å². The second kappa shape index (κ2) is 8.50. The Morgan fingerprint density at radius 2 is 1.28 bits per heavy atom. The van der Waals surface area contributed by atoms with Gasteiger partial charge >= 0.3 is 7.12 Å². The molecule has 5 nitrogen and oxygen atoms in total. The van der Waals surface area contributed by atoms with Crippen LogP contribution in [0.5, 0.6) is 0 Å². The third kappa shape index (κ3) is 4.09. The van der Waals surface area contributed by atoms with Gasteiger partial charge in [0.2, 0.25) is 10.6 Å². The molecular weight excluding hydrogens is 512 g/mol. The van der Waals surface area contributed by atoms with Crippen molar-refractivity contribution < 1.29 is 9.31 Å². The molecule has 5 aromatic rings. The molecule has 1 aliphatic rings. The summed E-state index contributed by atoms with van der Waals surface area (Å²) in [5.74, 6) is 0.444. The van der Waals surface area contributed by atoms with E-state index in [0.29, 0.717) is 5.82 Å². The predicted molar refractivity (Wildman–Crippen MR) is 149 cm³/mol. The maximum atomic E-state index is 6.26. The molecule has 9 heteroatoms. The fraction of sp³-hybridized carbons (Fsp3) is 0.222. The van der Waals surface area contributed by atoms with Gasteiger partial charge in [-0.2, -0.15) is 15.0 Å². The van der Waals surface area contributed by atoms with E-state index in [1.54, 1.807) is 11.3 Å². The van der Waals surface area contributed by atoms with Gasteiger partial charge in [0.05, 0.1) is 11.2 Å². The highest BCUT2D eigenvalue weighted by molar-refractivity contribution is 7.26. The van der Waals surface area contributed by atoms with Crippen molar-refractivity contribution >= 4 is 67.3 Å². The fourth-order valence-electron chi connectivity index (χ4n) is 4.39. The van der Waals surface area contributed by atoms with Crippen molar-refractivity contribution in [3.63, 3.8) is 0 Å². The number of hydrogen-bond donors (Lipinski definition) is 0. The molecule has 0 unspecified atom stereocenters. The van der Waals surface area contributed by atoms with Crippen molar-refractivity contribution in [2.75, 3.05) is 0 Å². The van der Waals surface area contributed by atoms with Crippen molar-refractivity contribution in [1.82, 2.24) is 15.0 Å². The molecule has 36 heavy (non-hydrogen) atoms. The quantitative estimate of drug-likeness (QED) is 0.230. The van der Waals surface area contributed by atoms with Gasteiger partial charge in [-0.25, -0.2) is 0 Å². The summed E-state index contributed by atoms with van der Waals surface area (Å²) in [5.41, 5.74) is 3.28. The Morgan fingerprint density at radius 3 is 1.97 bits per heavy atom. The summed E-state index contributed by atoms with van der Waals surface area (Å²) < 4.78 is 14.9. The highest BCUT2D eigenvalue weighted by atomic mass is 35.5. The molecule has 6 rings (SSSR count). The lowest BCUT2D eigenvalue weighted by Crippen LogP contribution is -2.41. The third-order valence-corrected chi connectivity index (χ3v) is 8.51. The fourth-order valence-corrected chi connectivity index (χ4v) is 5.95. The summed E-state index contributed by atoms with van der Waals surface area (Å²) in [7, 11) is -0.375. The van der Waals surface area contributed by atoms with E-state index in [1.807, 2.05) is 18.2 Å². The average molecular weight is 534 g/mol. The first-order chi connectivity index (χ1) is 17.1. The molecule has 1 saturated heterocycles. The summed E-state index contributed by atoms with van der Waals surface area (Å²) in [5, 5.41) is 2.60. The highest BCUT2D eigenvalue weighted by Gasteiger charge is 2.51. The molecule has 2 aromatic heterocycles. The van der Waals surface area contributed by atoms with Crippen LogP contribution in [0.4, 0.5) is 0 Å². The van der Waals surface area contributed by atoms with E-state index < -0.39 is 0 Å². The summed E-state index contributed by atoms with van der Waals surface area (Å²) in [6, 6.07) is 21.0. The van der Waals surface area contributed by atoms with Crippen LogP contribution < -0.4 is 5.46 Å². The van der Waals surface area contributed by atoms with E-state index in [4.69, 9.17) is 32.5 Å². The van der Waals surface area contributed by atoms with Crippen molar-refractivity contribution in [2.45, 2.75) is 38.9 Å². The number of benzene rings is 3. The molecule has 3 aromatic carbocycles. The number of rotatable bonds is 3. The third-order valence-electron chi connectivity index (χ3n) is 7.06. The number of thiophene rings is 1. The zero-order valence-electron chi connectivity index (χ0n) is 20.2. The molecule has 1 aliphatic heterocycles. The van der Waals surface area contributed by atoms with Crippen LogP contribution in [-0.2, 0) is 9.31 Å². The molecule has 0 atom stereocenters. The van der Waals surface area contributed by atoms with Crippen LogP contribution in [0.3, 0.4) is 0 Å². The van der Waals surface area contributed by atoms with Gasteiger partial charge in [0.25, 0.3) is 0 Å². The van der Waals surface area contributed by atoms with Crippen LogP contribution in [0.2, 0.25) is 10.6 Å². The molecule has 0 N–H and O–H groups in total. The maximum absolute atomic E-state index is 6.26. The molecule has 3 heterocycles. The number of fused-ring (bicyclic) bond motifs is 3. The topological polar surface area (TPSA) is 57.1 Å². The van der Waals surface area contributed by atoms with Gasteiger partial charge in [-0.15, -0.1) is 11.3 Å². The zero-order chi connectivity index (χ0) is 25.2. The van der Waals surface area contributed by atoms with Gasteiger partial charge in [-0.3, -0.25) is 0 Å². The summed E-state index contributed by atoms with van der Waals surface area (Å²) >= 11 is 13.7. The number of nitrogens with zero attached hydrogens (tertiary/aromatic N) is 3. The molecule has 0 saturated carbocycles. The zero-order valence-corrected chi connectivity index (χ0v) is 22.5. The van der Waals surface area contributed by atoms with Crippen LogP contribution in [0.25, 0.3) is 42.7 Å². The van der Waals surface area contributed by atoms with Gasteiger partial charge < -0.3 is 9.31 Å². The van der Waals surface area contributed by atoms with Gasteiger partial charge in [0, 0.05) is 25.7 Å². The van der Waals surface area contributed by atoms with Crippen LogP contribution in [0, 0.1) is 0 Å². The Morgan fingerprint density at radius 1 is 0.694 bits per heavy atom. The highest BCUT2D eigenvalue weighted by Crippen LogP contribution is 2.39. The molecule has 1 fully saturated rings. The monoisotopic (exact) mass is 533 g/mol. The Hall–Kier alpha value is -2.55. The molecule has 0 amide bonds. The second-order valence-corrected chi connectivity index (χ2v) is 11.7. The summed E-state index contributed by atoms with van der Waals surface area (Å²) in [4.78, 5) is 12.3. The molecule has 0 aliphatic carbocycles. The van der Waals surface area contributed by atoms with Crippen LogP contribution >= 0.6 is 34.5 Å². The van der Waals surface area contributed by atoms with Gasteiger partial charge in [0.1, 0.15) is 0 Å². The largest absolute Gasteiger partial charge is 0.494 e. The predicted octanol–water partition coefficient (Wildman–Crippen LogP) is 7.18. The lowest BCUT2D eigenvalue weighted by Gasteiger charge is -2.32. The number of halogens is 2. The van der Waals surface area contributed by atoms with Crippen molar-refractivity contribution in [3.8, 4) is 22.5 Å². The average Bonchev–Trinajstić information content (AvgIpc) is 3.30. The van der Waals surface area contributed by atoms with Crippen LogP contribution in [0.15, 0.2) is 60.7 Å². The molecule has 0 spiro atoms. The van der Waals surface area contributed by atoms with Gasteiger partial charge in [-0.05, 0) is 85.7 Å². The first-order valence-electron chi connectivity index (χ1n) is 11.6. The molecule has 0 bridgehead atoms. The minimum Gasteiger partial charge on any atom is -0.399 e. The smallest absolute Gasteiger partial charge is 0.399 e.